The molecule has 0 aliphatic heterocycles. The number of hydrogen-bond donors (Lipinski definition) is 2. The zero-order chi connectivity index (χ0) is 15.3. The smallest absolute Gasteiger partial charge is 0.373 e. The van der Waals surface area contributed by atoms with Crippen LogP contribution in [0.1, 0.15) is 39.4 Å². The molecule has 0 spiro atoms. The Morgan fingerprint density at radius 2 is 1.70 bits per heavy atom. The summed E-state index contributed by atoms with van der Waals surface area (Å²) >= 11 is 0. The minimum absolute atomic E-state index is 0.0538. The maximum Gasteiger partial charge on any atom is 0.451 e. The lowest BCUT2D eigenvalue weighted by molar-refractivity contribution is -0.144. The van der Waals surface area contributed by atoms with Gasteiger partial charge in [-0.1, -0.05) is 13.8 Å². The summed E-state index contributed by atoms with van der Waals surface area (Å²) < 4.78 is 38.1. The van der Waals surface area contributed by atoms with Crippen LogP contribution in [0, 0.1) is 5.92 Å². The normalized spacial score (nSPS) is 13.4. The standard InChI is InChI=1S/C13H21F3N4/c1-8(2)5-6-9(3)18-11-7-10(17-4)19-12(20-11)13(14,15)16/h7-9H,5-6H2,1-4H3,(H2,17,18,19,20). The summed E-state index contributed by atoms with van der Waals surface area (Å²) in [5.74, 6) is -0.245. The summed E-state index contributed by atoms with van der Waals surface area (Å²) in [4.78, 5) is 6.95. The lowest BCUT2D eigenvalue weighted by Crippen LogP contribution is -2.19. The summed E-state index contributed by atoms with van der Waals surface area (Å²) in [6.07, 6.45) is -2.67. The maximum atomic E-state index is 12.7. The van der Waals surface area contributed by atoms with Gasteiger partial charge in [-0.25, -0.2) is 9.97 Å². The third-order valence-corrected chi connectivity index (χ3v) is 2.81. The van der Waals surface area contributed by atoms with E-state index in [2.05, 4.69) is 34.4 Å². The molecule has 0 radical (unpaired) electrons. The quantitative estimate of drug-likeness (QED) is 0.837. The highest BCUT2D eigenvalue weighted by molar-refractivity contribution is 5.47. The molecule has 4 nitrogen and oxygen atoms in total. The van der Waals surface area contributed by atoms with Gasteiger partial charge in [-0.2, -0.15) is 13.2 Å². The Morgan fingerprint density at radius 1 is 1.10 bits per heavy atom. The predicted molar refractivity (Wildman–Crippen MR) is 73.7 cm³/mol. The van der Waals surface area contributed by atoms with Gasteiger partial charge < -0.3 is 10.6 Å². The van der Waals surface area contributed by atoms with Crippen LogP contribution in [0.4, 0.5) is 24.8 Å². The highest BCUT2D eigenvalue weighted by Crippen LogP contribution is 2.28. The van der Waals surface area contributed by atoms with Crippen LogP contribution in [0.15, 0.2) is 6.07 Å². The lowest BCUT2D eigenvalue weighted by atomic mass is 10.0. The molecular weight excluding hydrogens is 269 g/mol. The number of anilines is 2. The van der Waals surface area contributed by atoms with E-state index in [-0.39, 0.29) is 17.7 Å². The third-order valence-electron chi connectivity index (χ3n) is 2.81. The first-order chi connectivity index (χ1) is 9.22. The van der Waals surface area contributed by atoms with E-state index >= 15 is 0 Å². The monoisotopic (exact) mass is 290 g/mol. The van der Waals surface area contributed by atoms with Gasteiger partial charge in [0.2, 0.25) is 5.82 Å². The van der Waals surface area contributed by atoms with Crippen molar-refractivity contribution in [1.82, 2.24) is 9.97 Å². The highest BCUT2D eigenvalue weighted by Gasteiger charge is 2.35. The van der Waals surface area contributed by atoms with Crippen LogP contribution in [0.2, 0.25) is 0 Å². The van der Waals surface area contributed by atoms with Crippen LogP contribution in [0.3, 0.4) is 0 Å². The van der Waals surface area contributed by atoms with Crippen molar-refractivity contribution in [1.29, 1.82) is 0 Å². The fraction of sp³-hybridized carbons (Fsp3) is 0.692. The molecule has 0 fully saturated rings. The SMILES string of the molecule is CNc1cc(NC(C)CCC(C)C)nc(C(F)(F)F)n1. The second-order valence-electron chi connectivity index (χ2n) is 5.23. The molecule has 0 bridgehead atoms. The molecule has 1 atom stereocenters. The van der Waals surface area contributed by atoms with Gasteiger partial charge in [-0.05, 0) is 25.7 Å². The van der Waals surface area contributed by atoms with Gasteiger partial charge in [0.25, 0.3) is 0 Å². The summed E-state index contributed by atoms with van der Waals surface area (Å²) in [5, 5.41) is 5.61. The molecule has 0 amide bonds. The molecule has 7 heteroatoms. The summed E-state index contributed by atoms with van der Waals surface area (Å²) in [6, 6.07) is 1.53. The van der Waals surface area contributed by atoms with Crippen molar-refractivity contribution in [3.8, 4) is 0 Å². The number of hydrogen-bond acceptors (Lipinski definition) is 4. The Kier molecular flexibility index (Phi) is 5.59. The number of alkyl halides is 3. The molecule has 0 aromatic carbocycles. The van der Waals surface area contributed by atoms with E-state index < -0.39 is 12.0 Å². The molecular formula is C13H21F3N4. The Morgan fingerprint density at radius 3 is 2.20 bits per heavy atom. The van der Waals surface area contributed by atoms with Gasteiger partial charge >= 0.3 is 6.18 Å². The molecule has 0 saturated carbocycles. The van der Waals surface area contributed by atoms with Crippen molar-refractivity contribution >= 4 is 11.6 Å². The maximum absolute atomic E-state index is 12.7. The Bertz CT molecular complexity index is 432. The first-order valence-corrected chi connectivity index (χ1v) is 6.63. The van der Waals surface area contributed by atoms with Gasteiger partial charge in [0, 0.05) is 19.2 Å². The van der Waals surface area contributed by atoms with Crippen LogP contribution < -0.4 is 10.6 Å². The number of halogens is 3. The van der Waals surface area contributed by atoms with E-state index in [0.29, 0.717) is 5.92 Å². The molecule has 2 N–H and O–H groups in total. The van der Waals surface area contributed by atoms with Crippen LogP contribution in [-0.4, -0.2) is 23.1 Å². The fourth-order valence-corrected chi connectivity index (χ4v) is 1.68. The molecule has 0 saturated heterocycles. The molecule has 1 aromatic heterocycles. The van der Waals surface area contributed by atoms with E-state index in [9.17, 15) is 13.2 Å². The first kappa shape index (κ1) is 16.5. The predicted octanol–water partition coefficient (Wildman–Crippen LogP) is 3.77. The van der Waals surface area contributed by atoms with Crippen molar-refractivity contribution in [3.05, 3.63) is 11.9 Å². The van der Waals surface area contributed by atoms with Crippen molar-refractivity contribution < 1.29 is 13.2 Å². The molecule has 20 heavy (non-hydrogen) atoms. The van der Waals surface area contributed by atoms with Crippen molar-refractivity contribution in [2.75, 3.05) is 17.7 Å². The molecule has 114 valence electrons. The van der Waals surface area contributed by atoms with Crippen LogP contribution in [0.5, 0.6) is 0 Å². The fourth-order valence-electron chi connectivity index (χ4n) is 1.68. The van der Waals surface area contributed by atoms with Gasteiger partial charge in [-0.3, -0.25) is 0 Å². The minimum atomic E-state index is -4.55. The molecule has 1 heterocycles. The Balaban J connectivity index is 2.84. The zero-order valence-electron chi connectivity index (χ0n) is 12.2. The Labute approximate surface area is 117 Å². The number of nitrogens with one attached hydrogen (secondary N) is 2. The van der Waals surface area contributed by atoms with E-state index in [4.69, 9.17) is 0 Å². The first-order valence-electron chi connectivity index (χ1n) is 6.63. The van der Waals surface area contributed by atoms with Gasteiger partial charge in [0.1, 0.15) is 11.6 Å². The summed E-state index contributed by atoms with van der Waals surface area (Å²) in [7, 11) is 1.52. The summed E-state index contributed by atoms with van der Waals surface area (Å²) in [5.41, 5.74) is 0. The van der Waals surface area contributed by atoms with Gasteiger partial charge in [0.15, 0.2) is 0 Å². The van der Waals surface area contributed by atoms with Crippen LogP contribution >= 0.6 is 0 Å². The Hall–Kier alpha value is -1.53. The molecule has 0 aliphatic carbocycles. The second kappa shape index (κ2) is 6.76. The van der Waals surface area contributed by atoms with Gasteiger partial charge in [-0.15, -0.1) is 0 Å². The average Bonchev–Trinajstić information content (AvgIpc) is 2.34. The zero-order valence-corrected chi connectivity index (χ0v) is 12.2. The van der Waals surface area contributed by atoms with Crippen molar-refractivity contribution in [2.45, 2.75) is 45.8 Å². The number of aromatic nitrogens is 2. The topological polar surface area (TPSA) is 49.8 Å². The molecule has 1 aromatic rings. The molecule has 1 rings (SSSR count). The summed E-state index contributed by atoms with van der Waals surface area (Å²) in [6.45, 7) is 6.15. The van der Waals surface area contributed by atoms with E-state index in [0.717, 1.165) is 12.8 Å². The number of rotatable bonds is 6. The van der Waals surface area contributed by atoms with E-state index in [1.54, 1.807) is 0 Å². The van der Waals surface area contributed by atoms with Crippen molar-refractivity contribution in [2.24, 2.45) is 5.92 Å². The van der Waals surface area contributed by atoms with E-state index in [1.807, 2.05) is 6.92 Å². The largest absolute Gasteiger partial charge is 0.451 e. The van der Waals surface area contributed by atoms with Crippen LogP contribution in [-0.2, 0) is 6.18 Å². The molecule has 0 aliphatic rings. The van der Waals surface area contributed by atoms with Gasteiger partial charge in [0.05, 0.1) is 0 Å². The average molecular weight is 290 g/mol. The number of nitrogens with zero attached hydrogens (tertiary/aromatic N) is 2. The second-order valence-corrected chi connectivity index (χ2v) is 5.23. The van der Waals surface area contributed by atoms with Crippen LogP contribution in [0.25, 0.3) is 0 Å². The molecule has 1 unspecified atom stereocenters. The highest BCUT2D eigenvalue weighted by atomic mass is 19.4. The van der Waals surface area contributed by atoms with E-state index in [1.165, 1.54) is 13.1 Å². The third kappa shape index (κ3) is 5.22. The lowest BCUT2D eigenvalue weighted by Gasteiger charge is -2.17. The van der Waals surface area contributed by atoms with Crippen molar-refractivity contribution in [3.63, 3.8) is 0 Å². The minimum Gasteiger partial charge on any atom is -0.373 e.